The van der Waals surface area contributed by atoms with E-state index in [0.29, 0.717) is 11.8 Å². The first-order chi connectivity index (χ1) is 14.5. The monoisotopic (exact) mass is 405 g/mol. The molecule has 2 atom stereocenters. The van der Waals surface area contributed by atoms with E-state index >= 15 is 0 Å². The molecule has 2 saturated heterocycles. The van der Waals surface area contributed by atoms with Gasteiger partial charge in [0, 0.05) is 70.1 Å². The zero-order valence-electron chi connectivity index (χ0n) is 17.9. The van der Waals surface area contributed by atoms with Crippen LogP contribution in [-0.2, 0) is 0 Å². The normalized spacial score (nSPS) is 20.7. The first-order valence-corrected chi connectivity index (χ1v) is 10.3. The Kier molecular flexibility index (Phi) is 4.52. The highest BCUT2D eigenvalue weighted by Gasteiger charge is 2.41. The summed E-state index contributed by atoms with van der Waals surface area (Å²) in [4.78, 5) is 24.9. The second-order valence-electron chi connectivity index (χ2n) is 8.51. The maximum atomic E-state index is 4.71. The summed E-state index contributed by atoms with van der Waals surface area (Å²) in [6.07, 6.45) is 3.49. The largest absolute Gasteiger partial charge is 0.363 e. The number of rotatable bonds is 4. The van der Waals surface area contributed by atoms with Gasteiger partial charge in [-0.3, -0.25) is 0 Å². The topological polar surface area (TPSA) is 79.1 Å². The highest BCUT2D eigenvalue weighted by Crippen LogP contribution is 2.35. The van der Waals surface area contributed by atoms with E-state index in [2.05, 4.69) is 35.9 Å². The summed E-state index contributed by atoms with van der Waals surface area (Å²) < 4.78 is 1.88. The number of nitrogens with zero attached hydrogens (tertiary/aromatic N) is 9. The van der Waals surface area contributed by atoms with Crippen molar-refractivity contribution in [2.24, 2.45) is 11.8 Å². The molecule has 0 saturated carbocycles. The molecule has 9 nitrogen and oxygen atoms in total. The summed E-state index contributed by atoms with van der Waals surface area (Å²) in [6, 6.07) is 6.05. The molecule has 156 valence electrons. The molecule has 0 aliphatic carbocycles. The fourth-order valence-corrected chi connectivity index (χ4v) is 4.57. The SMILES string of the molecule is Cc1cc(C)n(-c2cc(N3CC4CN(c5nccc(N(C)C)n5)CC4C3)ncn2)n1. The molecule has 3 aromatic heterocycles. The molecule has 3 aromatic rings. The molecule has 9 heteroatoms. The zero-order valence-corrected chi connectivity index (χ0v) is 17.9. The van der Waals surface area contributed by atoms with Crippen molar-refractivity contribution in [2.45, 2.75) is 13.8 Å². The lowest BCUT2D eigenvalue weighted by molar-refractivity contribution is 0.533. The molecule has 30 heavy (non-hydrogen) atoms. The van der Waals surface area contributed by atoms with Gasteiger partial charge in [-0.25, -0.2) is 19.6 Å². The highest BCUT2D eigenvalue weighted by molar-refractivity contribution is 5.47. The van der Waals surface area contributed by atoms with Crippen LogP contribution in [0.2, 0.25) is 0 Å². The minimum atomic E-state index is 0.587. The van der Waals surface area contributed by atoms with E-state index in [4.69, 9.17) is 4.98 Å². The Morgan fingerprint density at radius 2 is 1.60 bits per heavy atom. The molecule has 0 bridgehead atoms. The second kappa shape index (κ2) is 7.23. The molecule has 2 fully saturated rings. The summed E-state index contributed by atoms with van der Waals surface area (Å²) in [7, 11) is 4.01. The molecule has 2 aliphatic heterocycles. The number of fused-ring (bicyclic) bond motifs is 1. The standard InChI is InChI=1S/C21H27N9/c1-14-7-15(2)30(26-14)20-8-19(23-13-24-20)28-9-16-11-29(12-17(16)10-28)21-22-6-5-18(25-21)27(3)4/h5-8,13,16-17H,9-12H2,1-4H3. The summed E-state index contributed by atoms with van der Waals surface area (Å²) in [5.74, 6) is 4.73. The number of aromatic nitrogens is 6. The Labute approximate surface area is 176 Å². The summed E-state index contributed by atoms with van der Waals surface area (Å²) in [6.45, 7) is 7.98. The van der Waals surface area contributed by atoms with Crippen molar-refractivity contribution < 1.29 is 0 Å². The smallest absolute Gasteiger partial charge is 0.227 e. The van der Waals surface area contributed by atoms with Gasteiger partial charge in [0.25, 0.3) is 0 Å². The predicted molar refractivity (Wildman–Crippen MR) is 116 cm³/mol. The van der Waals surface area contributed by atoms with E-state index in [1.165, 1.54) is 0 Å². The van der Waals surface area contributed by atoms with Crippen molar-refractivity contribution in [3.8, 4) is 5.82 Å². The zero-order chi connectivity index (χ0) is 20.8. The Bertz CT molecular complexity index is 1050. The Hall–Kier alpha value is -3.23. The minimum absolute atomic E-state index is 0.587. The molecule has 0 spiro atoms. The molecule has 2 aliphatic rings. The van der Waals surface area contributed by atoms with Crippen LogP contribution in [0, 0.1) is 25.7 Å². The average Bonchev–Trinajstić information content (AvgIpc) is 3.41. The third-order valence-corrected chi connectivity index (χ3v) is 6.04. The predicted octanol–water partition coefficient (Wildman–Crippen LogP) is 1.71. The van der Waals surface area contributed by atoms with Crippen molar-refractivity contribution in [1.82, 2.24) is 29.7 Å². The molecular weight excluding hydrogens is 378 g/mol. The van der Waals surface area contributed by atoms with Crippen molar-refractivity contribution >= 4 is 17.6 Å². The van der Waals surface area contributed by atoms with Crippen LogP contribution in [0.3, 0.4) is 0 Å². The van der Waals surface area contributed by atoms with Crippen LogP contribution in [0.25, 0.3) is 5.82 Å². The van der Waals surface area contributed by atoms with Gasteiger partial charge in [-0.15, -0.1) is 0 Å². The van der Waals surface area contributed by atoms with Gasteiger partial charge in [-0.1, -0.05) is 0 Å². The molecule has 5 heterocycles. The summed E-state index contributed by atoms with van der Waals surface area (Å²) in [5.41, 5.74) is 2.06. The Morgan fingerprint density at radius 1 is 0.900 bits per heavy atom. The summed E-state index contributed by atoms with van der Waals surface area (Å²) in [5, 5.41) is 4.55. The Balaban J connectivity index is 1.30. The first-order valence-electron chi connectivity index (χ1n) is 10.3. The lowest BCUT2D eigenvalue weighted by Gasteiger charge is -2.23. The number of aryl methyl sites for hydroxylation is 2. The van der Waals surface area contributed by atoms with Crippen LogP contribution in [0.4, 0.5) is 17.6 Å². The van der Waals surface area contributed by atoms with Crippen LogP contribution in [0.15, 0.2) is 30.7 Å². The average molecular weight is 406 g/mol. The van der Waals surface area contributed by atoms with Gasteiger partial charge in [0.1, 0.15) is 18.0 Å². The number of hydrogen-bond acceptors (Lipinski definition) is 8. The van der Waals surface area contributed by atoms with E-state index in [0.717, 1.165) is 61.0 Å². The van der Waals surface area contributed by atoms with Crippen molar-refractivity contribution in [3.05, 3.63) is 42.1 Å². The van der Waals surface area contributed by atoms with Gasteiger partial charge in [0.2, 0.25) is 5.95 Å². The van der Waals surface area contributed by atoms with Crippen LogP contribution in [0.1, 0.15) is 11.4 Å². The third kappa shape index (κ3) is 3.34. The first kappa shape index (κ1) is 18.8. The van der Waals surface area contributed by atoms with Crippen LogP contribution in [0.5, 0.6) is 0 Å². The van der Waals surface area contributed by atoms with Crippen molar-refractivity contribution in [1.29, 1.82) is 0 Å². The van der Waals surface area contributed by atoms with E-state index in [1.54, 1.807) is 6.33 Å². The fourth-order valence-electron chi connectivity index (χ4n) is 4.57. The summed E-state index contributed by atoms with van der Waals surface area (Å²) >= 11 is 0. The van der Waals surface area contributed by atoms with Gasteiger partial charge in [0.15, 0.2) is 5.82 Å². The van der Waals surface area contributed by atoms with E-state index < -0.39 is 0 Å². The maximum Gasteiger partial charge on any atom is 0.227 e. The lowest BCUT2D eigenvalue weighted by atomic mass is 10.0. The maximum absolute atomic E-state index is 4.71. The van der Waals surface area contributed by atoms with Crippen LogP contribution < -0.4 is 14.7 Å². The van der Waals surface area contributed by atoms with Crippen LogP contribution >= 0.6 is 0 Å². The van der Waals surface area contributed by atoms with Crippen molar-refractivity contribution in [3.63, 3.8) is 0 Å². The quantitative estimate of drug-likeness (QED) is 0.649. The van der Waals surface area contributed by atoms with Crippen molar-refractivity contribution in [2.75, 3.05) is 55.0 Å². The third-order valence-electron chi connectivity index (χ3n) is 6.04. The Morgan fingerprint density at radius 3 is 2.27 bits per heavy atom. The van der Waals surface area contributed by atoms with E-state index in [-0.39, 0.29) is 0 Å². The fraction of sp³-hybridized carbons (Fsp3) is 0.476. The van der Waals surface area contributed by atoms with E-state index in [1.807, 2.05) is 55.9 Å². The molecule has 0 aromatic carbocycles. The molecule has 5 rings (SSSR count). The molecule has 0 N–H and O–H groups in total. The van der Waals surface area contributed by atoms with Gasteiger partial charge >= 0.3 is 0 Å². The van der Waals surface area contributed by atoms with Gasteiger partial charge < -0.3 is 14.7 Å². The molecular formula is C21H27N9. The molecule has 0 radical (unpaired) electrons. The number of hydrogen-bond donors (Lipinski definition) is 0. The van der Waals surface area contributed by atoms with Gasteiger partial charge in [0.05, 0.1) is 5.69 Å². The van der Waals surface area contributed by atoms with E-state index in [9.17, 15) is 0 Å². The number of anilines is 3. The molecule has 0 amide bonds. The minimum Gasteiger partial charge on any atom is -0.363 e. The lowest BCUT2D eigenvalue weighted by Crippen LogP contribution is -2.30. The second-order valence-corrected chi connectivity index (χ2v) is 8.51. The van der Waals surface area contributed by atoms with Crippen LogP contribution in [-0.4, -0.2) is 70.0 Å². The molecule has 2 unspecified atom stereocenters. The highest BCUT2D eigenvalue weighted by atomic mass is 15.3. The van der Waals surface area contributed by atoms with Gasteiger partial charge in [-0.05, 0) is 26.0 Å². The van der Waals surface area contributed by atoms with Gasteiger partial charge in [-0.2, -0.15) is 10.1 Å².